The fourth-order valence-electron chi connectivity index (χ4n) is 5.78. The van der Waals surface area contributed by atoms with Crippen molar-refractivity contribution >= 4 is 63.7 Å². The molecule has 0 nitrogen and oxygen atoms in total. The van der Waals surface area contributed by atoms with E-state index in [4.69, 9.17) is 0 Å². The molecule has 0 radical (unpaired) electrons. The summed E-state index contributed by atoms with van der Waals surface area (Å²) in [5.74, 6) is 2.03. The lowest BCUT2D eigenvalue weighted by atomic mass is 9.43. The Morgan fingerprint density at radius 3 is 1.50 bits per heavy atom. The standard InChI is InChI=1S/C14H20Br4/c15-11(16)6-13-2-9-1-10(4-13)5-14(3-9,8-13)7-12(17)18/h9-12H,1-8H2. The van der Waals surface area contributed by atoms with Gasteiger partial charge in [0.1, 0.15) is 0 Å². The molecule has 4 heteroatoms. The van der Waals surface area contributed by atoms with Crippen LogP contribution in [0.1, 0.15) is 51.4 Å². The lowest BCUT2D eigenvalue weighted by molar-refractivity contribution is -0.113. The summed E-state index contributed by atoms with van der Waals surface area (Å²) in [6.07, 6.45) is 11.6. The Balaban J connectivity index is 1.83. The van der Waals surface area contributed by atoms with Crippen LogP contribution in [0.25, 0.3) is 0 Å². The van der Waals surface area contributed by atoms with Gasteiger partial charge in [-0.3, -0.25) is 0 Å². The van der Waals surface area contributed by atoms with Gasteiger partial charge in [-0.25, -0.2) is 0 Å². The maximum absolute atomic E-state index is 3.73. The second-order valence-electron chi connectivity index (χ2n) is 7.15. The van der Waals surface area contributed by atoms with Gasteiger partial charge in [0.25, 0.3) is 0 Å². The number of hydrogen-bond donors (Lipinski definition) is 0. The fraction of sp³-hybridized carbons (Fsp3) is 1.00. The lowest BCUT2D eigenvalue weighted by Crippen LogP contribution is -2.52. The summed E-state index contributed by atoms with van der Waals surface area (Å²) in [5, 5.41) is 0. The average Bonchev–Trinajstić information content (AvgIpc) is 2.08. The summed E-state index contributed by atoms with van der Waals surface area (Å²) >= 11 is 14.9. The Hall–Kier alpha value is 1.92. The highest BCUT2D eigenvalue weighted by molar-refractivity contribution is 9.25. The monoisotopic (exact) mass is 504 g/mol. The van der Waals surface area contributed by atoms with Crippen molar-refractivity contribution in [1.82, 2.24) is 0 Å². The molecule has 0 aliphatic heterocycles. The minimum Gasteiger partial charge on any atom is -0.0765 e. The van der Waals surface area contributed by atoms with E-state index >= 15 is 0 Å². The maximum Gasteiger partial charge on any atom is 0.0703 e. The van der Waals surface area contributed by atoms with Crippen LogP contribution in [0.4, 0.5) is 0 Å². The Kier molecular flexibility index (Phi) is 4.35. The van der Waals surface area contributed by atoms with Crippen LogP contribution in [0.15, 0.2) is 0 Å². The summed E-state index contributed by atoms with van der Waals surface area (Å²) in [6, 6.07) is 0. The van der Waals surface area contributed by atoms with Crippen LogP contribution in [0.2, 0.25) is 0 Å². The van der Waals surface area contributed by atoms with E-state index < -0.39 is 0 Å². The summed E-state index contributed by atoms with van der Waals surface area (Å²) in [7, 11) is 0. The molecule has 4 saturated carbocycles. The molecule has 0 heterocycles. The number of alkyl halides is 4. The number of hydrogen-bond acceptors (Lipinski definition) is 0. The van der Waals surface area contributed by atoms with Crippen LogP contribution < -0.4 is 0 Å². The molecular formula is C14H20Br4. The van der Waals surface area contributed by atoms with Gasteiger partial charge in [-0.15, -0.1) is 0 Å². The molecule has 0 aromatic carbocycles. The molecule has 18 heavy (non-hydrogen) atoms. The molecule has 4 aliphatic carbocycles. The van der Waals surface area contributed by atoms with Crippen molar-refractivity contribution in [2.75, 3.05) is 0 Å². The fourth-order valence-corrected chi connectivity index (χ4v) is 8.53. The molecule has 0 aromatic heterocycles. The predicted octanol–water partition coefficient (Wildman–Crippen LogP) is 6.59. The van der Waals surface area contributed by atoms with Crippen molar-refractivity contribution in [2.45, 2.75) is 58.8 Å². The van der Waals surface area contributed by atoms with E-state index in [2.05, 4.69) is 63.7 Å². The Labute approximate surface area is 144 Å². The van der Waals surface area contributed by atoms with Crippen molar-refractivity contribution in [2.24, 2.45) is 22.7 Å². The van der Waals surface area contributed by atoms with Gasteiger partial charge >= 0.3 is 0 Å². The summed E-state index contributed by atoms with van der Waals surface area (Å²) < 4.78 is 1.00. The van der Waals surface area contributed by atoms with E-state index in [0.717, 1.165) is 11.8 Å². The van der Waals surface area contributed by atoms with Crippen molar-refractivity contribution in [3.05, 3.63) is 0 Å². The van der Waals surface area contributed by atoms with Crippen molar-refractivity contribution < 1.29 is 0 Å². The van der Waals surface area contributed by atoms with Crippen LogP contribution in [-0.2, 0) is 0 Å². The van der Waals surface area contributed by atoms with Crippen molar-refractivity contribution in [1.29, 1.82) is 0 Å². The lowest BCUT2D eigenvalue weighted by Gasteiger charge is -2.63. The number of rotatable bonds is 4. The first-order chi connectivity index (χ1) is 8.40. The van der Waals surface area contributed by atoms with Crippen molar-refractivity contribution in [3.8, 4) is 0 Å². The predicted molar refractivity (Wildman–Crippen MR) is 92.1 cm³/mol. The van der Waals surface area contributed by atoms with E-state index in [9.17, 15) is 0 Å². The molecule has 4 fully saturated rings. The van der Waals surface area contributed by atoms with Gasteiger partial charge in [0.2, 0.25) is 0 Å². The zero-order chi connectivity index (χ0) is 13.0. The highest BCUT2D eigenvalue weighted by Gasteiger charge is 2.57. The molecular weight excluding hydrogens is 488 g/mol. The van der Waals surface area contributed by atoms with E-state index in [0.29, 0.717) is 18.3 Å². The average molecular weight is 508 g/mol. The molecule has 0 unspecified atom stereocenters. The third-order valence-corrected chi connectivity index (χ3v) is 6.77. The van der Waals surface area contributed by atoms with E-state index in [1.54, 1.807) is 0 Å². The first-order valence-electron chi connectivity index (χ1n) is 6.97. The smallest absolute Gasteiger partial charge is 0.0703 e. The van der Waals surface area contributed by atoms with E-state index in [1.165, 1.54) is 51.4 Å². The minimum absolute atomic E-state index is 0.502. The van der Waals surface area contributed by atoms with Gasteiger partial charge in [-0.2, -0.15) is 0 Å². The largest absolute Gasteiger partial charge is 0.0765 e. The topological polar surface area (TPSA) is 0 Å². The van der Waals surface area contributed by atoms with E-state index in [1.807, 2.05) is 0 Å². The molecule has 0 N–H and O–H groups in total. The zero-order valence-electron chi connectivity index (χ0n) is 10.5. The molecule has 4 rings (SSSR count). The molecule has 4 bridgehead atoms. The second-order valence-corrected chi connectivity index (χ2v) is 14.0. The SMILES string of the molecule is BrC(Br)CC12CC3CC(C1)CC(CC(Br)Br)(C3)C2. The van der Waals surface area contributed by atoms with Gasteiger partial charge in [0.05, 0.1) is 7.47 Å². The summed E-state index contributed by atoms with van der Waals surface area (Å²) in [6.45, 7) is 0. The third-order valence-electron chi connectivity index (χ3n) is 5.48. The van der Waals surface area contributed by atoms with Crippen LogP contribution in [-0.4, -0.2) is 7.47 Å². The number of halogens is 4. The maximum atomic E-state index is 3.73. The van der Waals surface area contributed by atoms with Gasteiger partial charge < -0.3 is 0 Å². The normalized spacial score (nSPS) is 46.3. The summed E-state index contributed by atoms with van der Waals surface area (Å²) in [4.78, 5) is 0. The van der Waals surface area contributed by atoms with Crippen LogP contribution in [0, 0.1) is 22.7 Å². The highest BCUT2D eigenvalue weighted by atomic mass is 79.9. The first kappa shape index (κ1) is 14.8. The molecule has 0 amide bonds. The van der Waals surface area contributed by atoms with Crippen LogP contribution in [0.3, 0.4) is 0 Å². The molecule has 0 aromatic rings. The highest BCUT2D eigenvalue weighted by Crippen LogP contribution is 2.68. The quantitative estimate of drug-likeness (QED) is 0.377. The van der Waals surface area contributed by atoms with Gasteiger partial charge in [-0.05, 0) is 74.0 Å². The summed E-state index contributed by atoms with van der Waals surface area (Å²) in [5.41, 5.74) is 1.27. The Morgan fingerprint density at radius 2 is 1.17 bits per heavy atom. The second kappa shape index (κ2) is 5.28. The van der Waals surface area contributed by atoms with Gasteiger partial charge in [0.15, 0.2) is 0 Å². The molecule has 0 atom stereocenters. The van der Waals surface area contributed by atoms with Crippen molar-refractivity contribution in [3.63, 3.8) is 0 Å². The van der Waals surface area contributed by atoms with Gasteiger partial charge in [0, 0.05) is 0 Å². The molecule has 0 saturated heterocycles. The van der Waals surface area contributed by atoms with Crippen LogP contribution in [0.5, 0.6) is 0 Å². The third kappa shape index (κ3) is 2.92. The Bertz CT molecular complexity index is 273. The zero-order valence-corrected chi connectivity index (χ0v) is 16.8. The first-order valence-corrected chi connectivity index (χ1v) is 10.6. The van der Waals surface area contributed by atoms with E-state index in [-0.39, 0.29) is 0 Å². The molecule has 104 valence electrons. The molecule has 4 aliphatic rings. The Morgan fingerprint density at radius 1 is 0.778 bits per heavy atom. The van der Waals surface area contributed by atoms with Crippen LogP contribution >= 0.6 is 63.7 Å². The van der Waals surface area contributed by atoms with Gasteiger partial charge in [-0.1, -0.05) is 63.7 Å². The molecule has 0 spiro atoms. The minimum atomic E-state index is 0.502.